The van der Waals surface area contributed by atoms with Gasteiger partial charge in [0.05, 0.1) is 12.8 Å². The molecule has 2 rings (SSSR count). The number of phenolic OH excluding ortho intramolecular Hbond substituents is 1. The smallest absolute Gasteiger partial charge is 0.259 e. The quantitative estimate of drug-likeness (QED) is 0.414. The van der Waals surface area contributed by atoms with Crippen LogP contribution in [0.1, 0.15) is 5.56 Å². The third-order valence-electron chi connectivity index (χ3n) is 2.59. The number of benzene rings is 2. The zero-order valence-corrected chi connectivity index (χ0v) is 13.2. The Morgan fingerprint density at radius 2 is 1.81 bits per heavy atom. The Kier molecular flexibility index (Phi) is 5.56. The average molecular weight is 395 g/mol. The van der Waals surface area contributed by atoms with Crippen molar-refractivity contribution in [3.63, 3.8) is 0 Å². The molecular formula is C15H14IN3O2. The zero-order chi connectivity index (χ0) is 15.1. The topological polar surface area (TPSA) is 73.7 Å². The molecule has 2 aromatic carbocycles. The minimum atomic E-state index is -0.233. The number of phenols is 1. The van der Waals surface area contributed by atoms with E-state index in [1.807, 2.05) is 24.3 Å². The normalized spacial score (nSPS) is 10.5. The SMILES string of the molecule is O=C(CNc1ccc(I)cc1)N/N=C\c1ccc(O)cc1. The first-order valence-corrected chi connectivity index (χ1v) is 7.32. The number of aromatic hydroxyl groups is 1. The number of nitrogens with one attached hydrogen (secondary N) is 2. The van der Waals surface area contributed by atoms with E-state index in [0.717, 1.165) is 14.8 Å². The van der Waals surface area contributed by atoms with Gasteiger partial charge in [-0.2, -0.15) is 5.10 Å². The highest BCUT2D eigenvalue weighted by atomic mass is 127. The van der Waals surface area contributed by atoms with Crippen molar-refractivity contribution in [1.82, 2.24) is 5.43 Å². The van der Waals surface area contributed by atoms with Gasteiger partial charge in [0.2, 0.25) is 0 Å². The molecule has 0 aliphatic heterocycles. The Balaban J connectivity index is 1.77. The molecule has 1 amide bonds. The largest absolute Gasteiger partial charge is 0.508 e. The maximum Gasteiger partial charge on any atom is 0.259 e. The van der Waals surface area contributed by atoms with Crippen LogP contribution in [0.4, 0.5) is 5.69 Å². The van der Waals surface area contributed by atoms with E-state index in [-0.39, 0.29) is 18.2 Å². The summed E-state index contributed by atoms with van der Waals surface area (Å²) in [7, 11) is 0. The molecule has 21 heavy (non-hydrogen) atoms. The number of anilines is 1. The van der Waals surface area contributed by atoms with Gasteiger partial charge < -0.3 is 10.4 Å². The predicted octanol–water partition coefficient (Wildman–Crippen LogP) is 2.56. The maximum atomic E-state index is 11.6. The fourth-order valence-electron chi connectivity index (χ4n) is 1.53. The molecule has 0 radical (unpaired) electrons. The lowest BCUT2D eigenvalue weighted by Crippen LogP contribution is -2.25. The highest BCUT2D eigenvalue weighted by molar-refractivity contribution is 14.1. The average Bonchev–Trinajstić information content (AvgIpc) is 2.49. The first-order chi connectivity index (χ1) is 10.1. The van der Waals surface area contributed by atoms with Crippen molar-refractivity contribution in [2.45, 2.75) is 0 Å². The zero-order valence-electron chi connectivity index (χ0n) is 11.1. The Hall–Kier alpha value is -2.09. The van der Waals surface area contributed by atoms with Crippen LogP contribution in [0.15, 0.2) is 53.6 Å². The number of hydrogen-bond donors (Lipinski definition) is 3. The van der Waals surface area contributed by atoms with Crippen LogP contribution in [0.2, 0.25) is 0 Å². The second-order valence-corrected chi connectivity index (χ2v) is 5.49. The molecule has 5 nitrogen and oxygen atoms in total. The lowest BCUT2D eigenvalue weighted by Gasteiger charge is -2.05. The fraction of sp³-hybridized carbons (Fsp3) is 0.0667. The number of halogens is 1. The molecule has 6 heteroatoms. The van der Waals surface area contributed by atoms with Gasteiger partial charge in [0.25, 0.3) is 5.91 Å². The highest BCUT2D eigenvalue weighted by Gasteiger charge is 1.99. The molecule has 0 bridgehead atoms. The highest BCUT2D eigenvalue weighted by Crippen LogP contribution is 2.10. The van der Waals surface area contributed by atoms with Crippen molar-refractivity contribution in [1.29, 1.82) is 0 Å². The molecule has 0 aliphatic carbocycles. The Bertz CT molecular complexity index is 624. The molecule has 0 saturated heterocycles. The number of amides is 1. The molecule has 0 fully saturated rings. The summed E-state index contributed by atoms with van der Waals surface area (Å²) in [5.74, 6) is -0.0403. The molecule has 0 spiro atoms. The van der Waals surface area contributed by atoms with Gasteiger partial charge in [-0.05, 0) is 76.7 Å². The first-order valence-electron chi connectivity index (χ1n) is 6.24. The standard InChI is InChI=1S/C15H14IN3O2/c16-12-3-5-13(6-4-12)17-10-15(21)19-18-9-11-1-7-14(20)8-2-11/h1-9,17,20H,10H2,(H,19,21)/b18-9-. The third-order valence-corrected chi connectivity index (χ3v) is 3.31. The van der Waals surface area contributed by atoms with E-state index in [4.69, 9.17) is 5.11 Å². The molecule has 0 heterocycles. The molecule has 0 aliphatic rings. The first kappa shape index (κ1) is 15.3. The van der Waals surface area contributed by atoms with Gasteiger partial charge in [-0.25, -0.2) is 5.43 Å². The van der Waals surface area contributed by atoms with E-state index in [0.29, 0.717) is 0 Å². The number of hydrogen-bond acceptors (Lipinski definition) is 4. The van der Waals surface area contributed by atoms with Gasteiger partial charge in [0.1, 0.15) is 5.75 Å². The van der Waals surface area contributed by atoms with E-state index in [1.165, 1.54) is 6.21 Å². The molecule has 0 unspecified atom stereocenters. The van der Waals surface area contributed by atoms with E-state index in [9.17, 15) is 4.79 Å². The third kappa shape index (κ3) is 5.42. The molecule has 3 N–H and O–H groups in total. The number of nitrogens with zero attached hydrogens (tertiary/aromatic N) is 1. The number of carbonyl (C=O) groups is 1. The number of hydrazone groups is 1. The van der Waals surface area contributed by atoms with E-state index in [1.54, 1.807) is 24.3 Å². The summed E-state index contributed by atoms with van der Waals surface area (Å²) in [6, 6.07) is 14.3. The van der Waals surface area contributed by atoms with Crippen LogP contribution in [-0.4, -0.2) is 23.8 Å². The van der Waals surface area contributed by atoms with Crippen molar-refractivity contribution in [2.24, 2.45) is 5.10 Å². The van der Waals surface area contributed by atoms with Crippen LogP contribution in [0, 0.1) is 3.57 Å². The Morgan fingerprint density at radius 1 is 1.14 bits per heavy atom. The summed E-state index contributed by atoms with van der Waals surface area (Å²) in [5.41, 5.74) is 4.10. The Labute approximate surface area is 136 Å². The van der Waals surface area contributed by atoms with Crippen LogP contribution in [-0.2, 0) is 4.79 Å². The molecule has 2 aromatic rings. The van der Waals surface area contributed by atoms with Crippen LogP contribution in [0.5, 0.6) is 5.75 Å². The lowest BCUT2D eigenvalue weighted by molar-refractivity contribution is -0.119. The molecule has 0 saturated carbocycles. The monoisotopic (exact) mass is 395 g/mol. The van der Waals surface area contributed by atoms with Gasteiger partial charge in [-0.15, -0.1) is 0 Å². The molecular weight excluding hydrogens is 381 g/mol. The number of carbonyl (C=O) groups excluding carboxylic acids is 1. The van der Waals surface area contributed by atoms with Crippen LogP contribution in [0.25, 0.3) is 0 Å². The van der Waals surface area contributed by atoms with Crippen LogP contribution >= 0.6 is 22.6 Å². The summed E-state index contributed by atoms with van der Waals surface area (Å²) in [6.07, 6.45) is 1.52. The second-order valence-electron chi connectivity index (χ2n) is 4.25. The number of rotatable bonds is 5. The Morgan fingerprint density at radius 3 is 2.48 bits per heavy atom. The van der Waals surface area contributed by atoms with Gasteiger partial charge >= 0.3 is 0 Å². The lowest BCUT2D eigenvalue weighted by atomic mass is 10.2. The van der Waals surface area contributed by atoms with Crippen molar-refractivity contribution < 1.29 is 9.90 Å². The van der Waals surface area contributed by atoms with Crippen molar-refractivity contribution in [2.75, 3.05) is 11.9 Å². The van der Waals surface area contributed by atoms with E-state index < -0.39 is 0 Å². The minimum Gasteiger partial charge on any atom is -0.508 e. The summed E-state index contributed by atoms with van der Waals surface area (Å²) < 4.78 is 1.14. The fourth-order valence-corrected chi connectivity index (χ4v) is 1.89. The van der Waals surface area contributed by atoms with Crippen molar-refractivity contribution in [3.8, 4) is 5.75 Å². The van der Waals surface area contributed by atoms with Crippen molar-refractivity contribution >= 4 is 40.4 Å². The maximum absolute atomic E-state index is 11.6. The van der Waals surface area contributed by atoms with E-state index in [2.05, 4.69) is 38.4 Å². The summed E-state index contributed by atoms with van der Waals surface area (Å²) >= 11 is 2.22. The van der Waals surface area contributed by atoms with Gasteiger partial charge in [-0.1, -0.05) is 0 Å². The molecule has 108 valence electrons. The molecule has 0 aromatic heterocycles. The van der Waals surface area contributed by atoms with Gasteiger partial charge in [-0.3, -0.25) is 4.79 Å². The van der Waals surface area contributed by atoms with E-state index >= 15 is 0 Å². The van der Waals surface area contributed by atoms with Gasteiger partial charge in [0.15, 0.2) is 0 Å². The van der Waals surface area contributed by atoms with Crippen LogP contribution in [0.3, 0.4) is 0 Å². The van der Waals surface area contributed by atoms with Gasteiger partial charge in [0, 0.05) is 9.26 Å². The van der Waals surface area contributed by atoms with Crippen LogP contribution < -0.4 is 10.7 Å². The second kappa shape index (κ2) is 7.63. The summed E-state index contributed by atoms with van der Waals surface area (Å²) in [4.78, 5) is 11.6. The predicted molar refractivity (Wildman–Crippen MR) is 91.5 cm³/mol. The molecule has 0 atom stereocenters. The summed E-state index contributed by atoms with van der Waals surface area (Å²) in [5, 5.41) is 16.0. The minimum absolute atomic E-state index is 0.146. The van der Waals surface area contributed by atoms with Crippen molar-refractivity contribution in [3.05, 3.63) is 57.7 Å². The summed E-state index contributed by atoms with van der Waals surface area (Å²) in [6.45, 7) is 0.146.